The van der Waals surface area contributed by atoms with E-state index in [1.54, 1.807) is 18.2 Å². The van der Waals surface area contributed by atoms with Crippen LogP contribution in [0.5, 0.6) is 0 Å². The van der Waals surface area contributed by atoms with Gasteiger partial charge < -0.3 is 5.32 Å². The van der Waals surface area contributed by atoms with Gasteiger partial charge in [-0.3, -0.25) is 9.36 Å². The zero-order valence-electron chi connectivity index (χ0n) is 16.1. The summed E-state index contributed by atoms with van der Waals surface area (Å²) in [5.74, 6) is 0.216. The second-order valence-electron chi connectivity index (χ2n) is 6.49. The van der Waals surface area contributed by atoms with Crippen LogP contribution < -0.4 is 5.32 Å². The van der Waals surface area contributed by atoms with E-state index < -0.39 is 0 Å². The van der Waals surface area contributed by atoms with Crippen molar-refractivity contribution < 1.29 is 9.18 Å². The number of nitrogens with zero attached hydrogens (tertiary/aromatic N) is 3. The van der Waals surface area contributed by atoms with Gasteiger partial charge in [-0.05, 0) is 55.3 Å². The van der Waals surface area contributed by atoms with Gasteiger partial charge in [0.15, 0.2) is 11.0 Å². The van der Waals surface area contributed by atoms with Crippen LogP contribution in [0.3, 0.4) is 0 Å². The number of aryl methyl sites for hydroxylation is 2. The lowest BCUT2D eigenvalue weighted by Crippen LogP contribution is -2.16. The highest BCUT2D eigenvalue weighted by atomic mass is 35.5. The molecule has 0 saturated heterocycles. The second-order valence-corrected chi connectivity index (χ2v) is 7.84. The van der Waals surface area contributed by atoms with E-state index in [9.17, 15) is 9.18 Å². The molecule has 0 bridgehead atoms. The Morgan fingerprint density at radius 1 is 1.28 bits per heavy atom. The third kappa shape index (κ3) is 5.05. The Morgan fingerprint density at radius 3 is 2.66 bits per heavy atom. The largest absolute Gasteiger partial charge is 0.324 e. The molecule has 0 aliphatic heterocycles. The minimum absolute atomic E-state index is 0.141. The highest BCUT2D eigenvalue weighted by molar-refractivity contribution is 7.99. The van der Waals surface area contributed by atoms with E-state index in [2.05, 4.69) is 22.1 Å². The highest BCUT2D eigenvalue weighted by Gasteiger charge is 2.16. The van der Waals surface area contributed by atoms with Gasteiger partial charge in [-0.25, -0.2) is 4.39 Å². The molecule has 0 radical (unpaired) electrons. The molecule has 0 spiro atoms. The Kier molecular flexibility index (Phi) is 6.71. The molecule has 1 amide bonds. The molecule has 3 rings (SSSR count). The van der Waals surface area contributed by atoms with Crippen molar-refractivity contribution in [3.05, 3.63) is 71.0 Å². The molecule has 0 fully saturated rings. The molecule has 0 aliphatic carbocycles. The number of aromatic nitrogens is 3. The quantitative estimate of drug-likeness (QED) is 0.409. The summed E-state index contributed by atoms with van der Waals surface area (Å²) in [6.07, 6.45) is 1.72. The first-order valence-corrected chi connectivity index (χ1v) is 10.2. The lowest BCUT2D eigenvalue weighted by Gasteiger charge is -2.12. The van der Waals surface area contributed by atoms with Crippen LogP contribution in [0.4, 0.5) is 10.1 Å². The summed E-state index contributed by atoms with van der Waals surface area (Å²) in [7, 11) is 0. The Bertz CT molecular complexity index is 1030. The summed E-state index contributed by atoms with van der Waals surface area (Å²) < 4.78 is 15.0. The van der Waals surface area contributed by atoms with E-state index in [0.29, 0.717) is 28.2 Å². The smallest absolute Gasteiger partial charge is 0.234 e. The fourth-order valence-electron chi connectivity index (χ4n) is 2.88. The molecule has 0 unspecified atom stereocenters. The van der Waals surface area contributed by atoms with Crippen molar-refractivity contribution in [2.45, 2.75) is 25.5 Å². The molecule has 0 aliphatic rings. The van der Waals surface area contributed by atoms with Gasteiger partial charge in [0.25, 0.3) is 0 Å². The number of hydrogen-bond acceptors (Lipinski definition) is 4. The summed E-state index contributed by atoms with van der Waals surface area (Å²) in [5.41, 5.74) is 3.29. The zero-order chi connectivity index (χ0) is 21.0. The zero-order valence-corrected chi connectivity index (χ0v) is 17.6. The number of hydrogen-bond donors (Lipinski definition) is 1. The molecule has 1 N–H and O–H groups in total. The van der Waals surface area contributed by atoms with Crippen molar-refractivity contribution in [3.8, 4) is 11.4 Å². The van der Waals surface area contributed by atoms with Crippen LogP contribution in [0.15, 0.2) is 54.2 Å². The van der Waals surface area contributed by atoms with Gasteiger partial charge in [0.2, 0.25) is 5.91 Å². The first-order chi connectivity index (χ1) is 13.9. The van der Waals surface area contributed by atoms with E-state index in [-0.39, 0.29) is 17.5 Å². The van der Waals surface area contributed by atoms with E-state index >= 15 is 0 Å². The van der Waals surface area contributed by atoms with Crippen LogP contribution in [0.2, 0.25) is 5.02 Å². The Hall–Kier alpha value is -2.64. The molecule has 3 aromatic rings. The molecular weight excluding hydrogens is 411 g/mol. The first-order valence-electron chi connectivity index (χ1n) is 8.88. The van der Waals surface area contributed by atoms with Crippen molar-refractivity contribution in [2.24, 2.45) is 0 Å². The maximum Gasteiger partial charge on any atom is 0.234 e. The Morgan fingerprint density at radius 2 is 2.00 bits per heavy atom. The third-order valence-corrected chi connectivity index (χ3v) is 5.42. The fraction of sp³-hybridized carbons (Fsp3) is 0.190. The topological polar surface area (TPSA) is 59.8 Å². The Labute approximate surface area is 178 Å². The minimum Gasteiger partial charge on any atom is -0.324 e. The first kappa shape index (κ1) is 21.1. The average molecular weight is 431 g/mol. The van der Waals surface area contributed by atoms with E-state index in [0.717, 1.165) is 16.7 Å². The number of allylic oxidation sites excluding steroid dienone is 1. The van der Waals surface area contributed by atoms with Crippen LogP contribution in [0.1, 0.15) is 11.1 Å². The van der Waals surface area contributed by atoms with Crippen molar-refractivity contribution in [1.29, 1.82) is 0 Å². The van der Waals surface area contributed by atoms with Gasteiger partial charge in [-0.2, -0.15) is 0 Å². The predicted octanol–water partition coefficient (Wildman–Crippen LogP) is 5.27. The van der Waals surface area contributed by atoms with E-state index in [1.807, 2.05) is 30.5 Å². The lowest BCUT2D eigenvalue weighted by molar-refractivity contribution is -0.113. The van der Waals surface area contributed by atoms with Crippen molar-refractivity contribution in [3.63, 3.8) is 0 Å². The Balaban J connectivity index is 1.74. The maximum absolute atomic E-state index is 13.2. The summed E-state index contributed by atoms with van der Waals surface area (Å²) in [6.45, 7) is 8.08. The van der Waals surface area contributed by atoms with Gasteiger partial charge in [-0.1, -0.05) is 35.5 Å². The monoisotopic (exact) mass is 430 g/mol. The number of carbonyl (C=O) groups is 1. The normalized spacial score (nSPS) is 10.8. The summed E-state index contributed by atoms with van der Waals surface area (Å²) >= 11 is 7.52. The molecule has 0 atom stereocenters. The van der Waals surface area contributed by atoms with Gasteiger partial charge >= 0.3 is 0 Å². The number of rotatable bonds is 7. The molecule has 1 heterocycles. The molecule has 5 nitrogen and oxygen atoms in total. The highest BCUT2D eigenvalue weighted by Crippen LogP contribution is 2.28. The molecule has 2 aromatic carbocycles. The standard InChI is InChI=1S/C21H20ClFN4OS/c1-4-9-27-20(15-5-7-16(23)8-6-15)25-26-21(27)29-12-18(28)24-19-14(3)10-13(2)11-17(19)22/h4-8,10-11H,1,9,12H2,2-3H3,(H,24,28). The molecule has 1 aromatic heterocycles. The van der Waals surface area contributed by atoms with Gasteiger partial charge in [0, 0.05) is 12.1 Å². The number of anilines is 1. The fourth-order valence-corrected chi connectivity index (χ4v) is 4.00. The number of halogens is 2. The number of thioether (sulfide) groups is 1. The summed E-state index contributed by atoms with van der Waals surface area (Å²) in [4.78, 5) is 12.4. The predicted molar refractivity (Wildman–Crippen MR) is 116 cm³/mol. The SMILES string of the molecule is C=CCn1c(SCC(=O)Nc2c(C)cc(C)cc2Cl)nnc1-c1ccc(F)cc1. The number of amides is 1. The second kappa shape index (κ2) is 9.24. The van der Waals surface area contributed by atoms with Crippen molar-refractivity contribution >= 4 is 35.0 Å². The van der Waals surface area contributed by atoms with Crippen molar-refractivity contribution in [2.75, 3.05) is 11.1 Å². The van der Waals surface area contributed by atoms with Crippen LogP contribution in [-0.2, 0) is 11.3 Å². The van der Waals surface area contributed by atoms with Gasteiger partial charge in [0.1, 0.15) is 5.82 Å². The minimum atomic E-state index is -0.320. The van der Waals surface area contributed by atoms with Crippen LogP contribution in [0, 0.1) is 19.7 Å². The van der Waals surface area contributed by atoms with E-state index in [4.69, 9.17) is 11.6 Å². The number of nitrogens with one attached hydrogen (secondary N) is 1. The number of carbonyl (C=O) groups excluding carboxylic acids is 1. The molecule has 150 valence electrons. The van der Waals surface area contributed by atoms with Crippen molar-refractivity contribution in [1.82, 2.24) is 14.8 Å². The van der Waals surface area contributed by atoms with Gasteiger partial charge in [0.05, 0.1) is 16.5 Å². The maximum atomic E-state index is 13.2. The molecular formula is C21H20ClFN4OS. The molecule has 29 heavy (non-hydrogen) atoms. The third-order valence-electron chi connectivity index (χ3n) is 4.16. The molecule has 0 saturated carbocycles. The van der Waals surface area contributed by atoms with E-state index in [1.165, 1.54) is 23.9 Å². The average Bonchev–Trinajstić information content (AvgIpc) is 3.06. The van der Waals surface area contributed by atoms with Crippen LogP contribution >= 0.6 is 23.4 Å². The lowest BCUT2D eigenvalue weighted by atomic mass is 10.1. The van der Waals surface area contributed by atoms with Crippen LogP contribution in [0.25, 0.3) is 11.4 Å². The van der Waals surface area contributed by atoms with Gasteiger partial charge in [-0.15, -0.1) is 16.8 Å². The van der Waals surface area contributed by atoms with Crippen LogP contribution in [-0.4, -0.2) is 26.4 Å². The summed E-state index contributed by atoms with van der Waals surface area (Å²) in [6, 6.07) is 9.80. The molecule has 8 heteroatoms. The number of benzene rings is 2. The summed E-state index contributed by atoms with van der Waals surface area (Å²) in [5, 5.41) is 12.3.